The Bertz CT molecular complexity index is 723. The molecule has 1 N–H and O–H groups in total. The van der Waals surface area contributed by atoms with E-state index in [1.165, 1.54) is 5.56 Å². The van der Waals surface area contributed by atoms with Crippen LogP contribution in [0, 0.1) is 0 Å². The number of hydrogen-bond acceptors (Lipinski definition) is 4. The molecule has 2 aromatic carbocycles. The summed E-state index contributed by atoms with van der Waals surface area (Å²) in [7, 11) is 0. The molecule has 0 aliphatic carbocycles. The molecule has 0 saturated carbocycles. The number of Topliss-reactive ketones (excluding diaryl/α,β-unsaturated/α-hetero) is 1. The van der Waals surface area contributed by atoms with Gasteiger partial charge < -0.3 is 10.1 Å². The minimum atomic E-state index is -0.569. The van der Waals surface area contributed by atoms with E-state index >= 15 is 0 Å². The molecule has 5 nitrogen and oxygen atoms in total. The Labute approximate surface area is 147 Å². The van der Waals surface area contributed by atoms with Crippen LogP contribution in [0.15, 0.2) is 54.6 Å². The zero-order valence-corrected chi connectivity index (χ0v) is 14.2. The monoisotopic (exact) mass is 339 g/mol. The number of carbonyl (C=O) groups is 3. The quantitative estimate of drug-likeness (QED) is 0.591. The average molecular weight is 339 g/mol. The molecule has 1 amide bonds. The van der Waals surface area contributed by atoms with Crippen LogP contribution >= 0.6 is 0 Å². The van der Waals surface area contributed by atoms with Crippen LogP contribution in [0.25, 0.3) is 0 Å². The molecule has 130 valence electrons. The van der Waals surface area contributed by atoms with E-state index in [0.29, 0.717) is 11.3 Å². The molecular formula is C20H21NO4. The highest BCUT2D eigenvalue weighted by atomic mass is 16.5. The minimum Gasteiger partial charge on any atom is -0.456 e. The van der Waals surface area contributed by atoms with Gasteiger partial charge in [0.15, 0.2) is 12.4 Å². The second-order valence-corrected chi connectivity index (χ2v) is 5.55. The third-order valence-electron chi connectivity index (χ3n) is 3.66. The van der Waals surface area contributed by atoms with Gasteiger partial charge in [0.25, 0.3) is 5.91 Å². The summed E-state index contributed by atoms with van der Waals surface area (Å²) < 4.78 is 4.90. The van der Waals surface area contributed by atoms with Crippen molar-refractivity contribution in [1.82, 2.24) is 0 Å². The SMILES string of the molecule is CCc1ccc(NC(=O)COC(=O)CCC(=O)c2ccccc2)cc1. The van der Waals surface area contributed by atoms with Gasteiger partial charge in [0.05, 0.1) is 6.42 Å². The first-order chi connectivity index (χ1) is 12.1. The van der Waals surface area contributed by atoms with Gasteiger partial charge in [0.1, 0.15) is 0 Å². The van der Waals surface area contributed by atoms with E-state index < -0.39 is 11.9 Å². The Morgan fingerprint density at radius 2 is 1.60 bits per heavy atom. The Morgan fingerprint density at radius 1 is 0.920 bits per heavy atom. The lowest BCUT2D eigenvalue weighted by atomic mass is 10.1. The maximum absolute atomic E-state index is 11.9. The average Bonchev–Trinajstić information content (AvgIpc) is 2.65. The minimum absolute atomic E-state index is 0.0494. The number of hydrogen-bond donors (Lipinski definition) is 1. The number of rotatable bonds is 8. The molecule has 0 aliphatic rings. The molecule has 0 atom stereocenters. The van der Waals surface area contributed by atoms with Crippen LogP contribution in [0.2, 0.25) is 0 Å². The van der Waals surface area contributed by atoms with E-state index in [1.807, 2.05) is 18.2 Å². The van der Waals surface area contributed by atoms with Crippen LogP contribution in [-0.4, -0.2) is 24.3 Å². The number of ether oxygens (including phenoxy) is 1. The first-order valence-corrected chi connectivity index (χ1v) is 8.21. The lowest BCUT2D eigenvalue weighted by molar-refractivity contribution is -0.147. The molecule has 0 aromatic heterocycles. The molecular weight excluding hydrogens is 318 g/mol. The van der Waals surface area contributed by atoms with Crippen molar-refractivity contribution in [2.45, 2.75) is 26.2 Å². The van der Waals surface area contributed by atoms with E-state index in [4.69, 9.17) is 4.74 Å². The number of ketones is 1. The van der Waals surface area contributed by atoms with Gasteiger partial charge in [-0.05, 0) is 24.1 Å². The fraction of sp³-hybridized carbons (Fsp3) is 0.250. The normalized spacial score (nSPS) is 10.1. The summed E-state index contributed by atoms with van der Waals surface area (Å²) in [6.45, 7) is 1.68. The Balaban J connectivity index is 1.70. The van der Waals surface area contributed by atoms with Gasteiger partial charge in [-0.1, -0.05) is 49.4 Å². The summed E-state index contributed by atoms with van der Waals surface area (Å²) in [6.07, 6.45) is 0.933. The van der Waals surface area contributed by atoms with Crippen molar-refractivity contribution in [3.8, 4) is 0 Å². The van der Waals surface area contributed by atoms with Crippen molar-refractivity contribution in [3.05, 3.63) is 65.7 Å². The number of esters is 1. The zero-order chi connectivity index (χ0) is 18.1. The van der Waals surface area contributed by atoms with E-state index in [-0.39, 0.29) is 25.2 Å². The summed E-state index contributed by atoms with van der Waals surface area (Å²) in [5.41, 5.74) is 2.38. The van der Waals surface area contributed by atoms with Crippen molar-refractivity contribution in [2.75, 3.05) is 11.9 Å². The highest BCUT2D eigenvalue weighted by Gasteiger charge is 2.11. The molecule has 0 heterocycles. The molecule has 2 rings (SSSR count). The number of nitrogens with one attached hydrogen (secondary N) is 1. The molecule has 0 bridgehead atoms. The van der Waals surface area contributed by atoms with E-state index in [1.54, 1.807) is 36.4 Å². The molecule has 0 unspecified atom stereocenters. The smallest absolute Gasteiger partial charge is 0.306 e. The van der Waals surface area contributed by atoms with Gasteiger partial charge in [-0.3, -0.25) is 14.4 Å². The lowest BCUT2D eigenvalue weighted by Crippen LogP contribution is -2.21. The van der Waals surface area contributed by atoms with Crippen LogP contribution in [0.4, 0.5) is 5.69 Å². The van der Waals surface area contributed by atoms with Crippen molar-refractivity contribution in [1.29, 1.82) is 0 Å². The predicted molar refractivity (Wildman–Crippen MR) is 95.4 cm³/mol. The summed E-state index contributed by atoms with van der Waals surface area (Å²) >= 11 is 0. The zero-order valence-electron chi connectivity index (χ0n) is 14.2. The summed E-state index contributed by atoms with van der Waals surface area (Å²) in [5, 5.41) is 2.66. The second kappa shape index (κ2) is 9.37. The molecule has 2 aromatic rings. The standard InChI is InChI=1S/C20H21NO4/c1-2-15-8-10-17(11-9-15)21-19(23)14-25-20(24)13-12-18(22)16-6-4-3-5-7-16/h3-11H,2,12-14H2,1H3,(H,21,23). The van der Waals surface area contributed by atoms with Crippen LogP contribution in [-0.2, 0) is 20.7 Å². The van der Waals surface area contributed by atoms with Gasteiger partial charge in [0.2, 0.25) is 0 Å². The lowest BCUT2D eigenvalue weighted by Gasteiger charge is -2.07. The van der Waals surface area contributed by atoms with Crippen LogP contribution in [0.1, 0.15) is 35.7 Å². The Morgan fingerprint density at radius 3 is 2.24 bits per heavy atom. The van der Waals surface area contributed by atoms with Crippen molar-refractivity contribution >= 4 is 23.3 Å². The fourth-order valence-electron chi connectivity index (χ4n) is 2.22. The summed E-state index contributed by atoms with van der Waals surface area (Å²) in [6, 6.07) is 16.2. The van der Waals surface area contributed by atoms with Crippen molar-refractivity contribution in [3.63, 3.8) is 0 Å². The number of anilines is 1. The number of amides is 1. The van der Waals surface area contributed by atoms with Crippen molar-refractivity contribution in [2.24, 2.45) is 0 Å². The van der Waals surface area contributed by atoms with Gasteiger partial charge in [-0.25, -0.2) is 0 Å². The maximum Gasteiger partial charge on any atom is 0.306 e. The molecule has 0 spiro atoms. The molecule has 25 heavy (non-hydrogen) atoms. The van der Waals surface area contributed by atoms with Crippen LogP contribution in [0.3, 0.4) is 0 Å². The predicted octanol–water partition coefficient (Wildman–Crippen LogP) is 3.39. The van der Waals surface area contributed by atoms with E-state index in [2.05, 4.69) is 12.2 Å². The first kappa shape index (κ1) is 18.4. The second-order valence-electron chi connectivity index (χ2n) is 5.55. The first-order valence-electron chi connectivity index (χ1n) is 8.21. The molecule has 0 aliphatic heterocycles. The number of benzene rings is 2. The Hall–Kier alpha value is -2.95. The van der Waals surface area contributed by atoms with Gasteiger partial charge in [0, 0.05) is 17.7 Å². The molecule has 0 fully saturated rings. The van der Waals surface area contributed by atoms with Crippen LogP contribution < -0.4 is 5.32 Å². The van der Waals surface area contributed by atoms with Crippen molar-refractivity contribution < 1.29 is 19.1 Å². The maximum atomic E-state index is 11.9. The van der Waals surface area contributed by atoms with Gasteiger partial charge >= 0.3 is 5.97 Å². The van der Waals surface area contributed by atoms with Crippen LogP contribution in [0.5, 0.6) is 0 Å². The molecule has 0 saturated heterocycles. The third-order valence-corrected chi connectivity index (χ3v) is 3.66. The number of carbonyl (C=O) groups excluding carboxylic acids is 3. The van der Waals surface area contributed by atoms with E-state index in [9.17, 15) is 14.4 Å². The largest absolute Gasteiger partial charge is 0.456 e. The van der Waals surface area contributed by atoms with Gasteiger partial charge in [-0.15, -0.1) is 0 Å². The summed E-state index contributed by atoms with van der Waals surface area (Å²) in [4.78, 5) is 35.3. The highest BCUT2D eigenvalue weighted by molar-refractivity contribution is 5.97. The molecule has 0 radical (unpaired) electrons. The van der Waals surface area contributed by atoms with Gasteiger partial charge in [-0.2, -0.15) is 0 Å². The molecule has 5 heteroatoms. The fourth-order valence-corrected chi connectivity index (χ4v) is 2.22. The summed E-state index contributed by atoms with van der Waals surface area (Å²) in [5.74, 6) is -1.11. The number of aryl methyl sites for hydroxylation is 1. The third kappa shape index (κ3) is 6.22. The topological polar surface area (TPSA) is 72.5 Å². The highest BCUT2D eigenvalue weighted by Crippen LogP contribution is 2.10. The van der Waals surface area contributed by atoms with E-state index in [0.717, 1.165) is 6.42 Å². The Kier molecular flexibility index (Phi) is 6.89.